The Bertz CT molecular complexity index is 602. The summed E-state index contributed by atoms with van der Waals surface area (Å²) in [6.45, 7) is 2.32. The molecule has 0 saturated carbocycles. The van der Waals surface area contributed by atoms with Crippen LogP contribution < -0.4 is 0 Å². The molecule has 0 aliphatic rings. The molecular weight excluding hydrogens is 390 g/mol. The van der Waals surface area contributed by atoms with Gasteiger partial charge < -0.3 is 4.90 Å². The summed E-state index contributed by atoms with van der Waals surface area (Å²) in [5, 5.41) is 8.29. The Morgan fingerprint density at radius 1 is 1.40 bits per heavy atom. The number of amides is 1. The van der Waals surface area contributed by atoms with Gasteiger partial charge in [-0.15, -0.1) is 0 Å². The minimum Gasteiger partial charge on any atom is -0.338 e. The van der Waals surface area contributed by atoms with E-state index in [2.05, 4.69) is 42.1 Å². The lowest BCUT2D eigenvalue weighted by atomic mass is 10.3. The number of rotatable bonds is 4. The molecular formula is C12H15Br2N5O. The highest BCUT2D eigenvalue weighted by Gasteiger charge is 2.21. The standard InChI is InChI=1S/C12H15Br2N5O/c1-8(19-6-9(13)4-16-19)12(20)17(2)7-11-10(14)5-15-18(11)3/h4-6,8H,7H2,1-3H3. The Kier molecular flexibility index (Phi) is 4.64. The van der Waals surface area contributed by atoms with E-state index in [1.54, 1.807) is 39.9 Å². The maximum absolute atomic E-state index is 12.4. The minimum absolute atomic E-state index is 0.00583. The van der Waals surface area contributed by atoms with Crippen LogP contribution in [0.25, 0.3) is 0 Å². The fourth-order valence-corrected chi connectivity index (χ4v) is 2.65. The second-order valence-corrected chi connectivity index (χ2v) is 6.34. The molecule has 0 fully saturated rings. The molecule has 8 heteroatoms. The van der Waals surface area contributed by atoms with Gasteiger partial charge >= 0.3 is 0 Å². The molecule has 2 aromatic heterocycles. The van der Waals surface area contributed by atoms with Gasteiger partial charge in [0.1, 0.15) is 6.04 Å². The lowest BCUT2D eigenvalue weighted by Crippen LogP contribution is -2.33. The van der Waals surface area contributed by atoms with Crippen molar-refractivity contribution in [2.24, 2.45) is 7.05 Å². The molecule has 0 N–H and O–H groups in total. The van der Waals surface area contributed by atoms with Gasteiger partial charge in [0.2, 0.25) is 5.91 Å². The lowest BCUT2D eigenvalue weighted by Gasteiger charge is -2.21. The van der Waals surface area contributed by atoms with Crippen LogP contribution in [0, 0.1) is 0 Å². The van der Waals surface area contributed by atoms with Crippen LogP contribution >= 0.6 is 31.9 Å². The first-order chi connectivity index (χ1) is 9.40. The number of aromatic nitrogens is 4. The molecule has 1 amide bonds. The second kappa shape index (κ2) is 6.09. The fourth-order valence-electron chi connectivity index (χ4n) is 1.88. The number of likely N-dealkylation sites (N-methyl/N-ethyl adjacent to an activating group) is 1. The fraction of sp³-hybridized carbons (Fsp3) is 0.417. The zero-order valence-electron chi connectivity index (χ0n) is 11.4. The van der Waals surface area contributed by atoms with Gasteiger partial charge in [-0.1, -0.05) is 0 Å². The minimum atomic E-state index is -0.349. The molecule has 0 aliphatic carbocycles. The van der Waals surface area contributed by atoms with Crippen molar-refractivity contribution in [3.05, 3.63) is 33.2 Å². The van der Waals surface area contributed by atoms with Crippen LogP contribution in [0.15, 0.2) is 27.5 Å². The van der Waals surface area contributed by atoms with E-state index in [0.29, 0.717) is 6.54 Å². The lowest BCUT2D eigenvalue weighted by molar-refractivity contribution is -0.133. The highest BCUT2D eigenvalue weighted by atomic mass is 79.9. The molecule has 0 saturated heterocycles. The number of hydrogen-bond donors (Lipinski definition) is 0. The molecule has 0 aromatic carbocycles. The van der Waals surface area contributed by atoms with Crippen molar-refractivity contribution in [3.63, 3.8) is 0 Å². The summed E-state index contributed by atoms with van der Waals surface area (Å²) in [6.07, 6.45) is 5.18. The molecule has 2 rings (SSSR count). The molecule has 108 valence electrons. The summed E-state index contributed by atoms with van der Waals surface area (Å²) in [7, 11) is 3.63. The molecule has 2 aromatic rings. The van der Waals surface area contributed by atoms with Crippen molar-refractivity contribution < 1.29 is 4.79 Å². The van der Waals surface area contributed by atoms with E-state index in [9.17, 15) is 4.79 Å². The Labute approximate surface area is 134 Å². The van der Waals surface area contributed by atoms with E-state index in [1.807, 2.05) is 14.0 Å². The van der Waals surface area contributed by atoms with Crippen LogP contribution in [0.1, 0.15) is 18.7 Å². The number of nitrogens with zero attached hydrogens (tertiary/aromatic N) is 5. The van der Waals surface area contributed by atoms with Gasteiger partial charge in [-0.2, -0.15) is 10.2 Å². The van der Waals surface area contributed by atoms with Gasteiger partial charge in [-0.05, 0) is 38.8 Å². The molecule has 0 radical (unpaired) electrons. The summed E-state index contributed by atoms with van der Waals surface area (Å²) in [4.78, 5) is 14.1. The maximum Gasteiger partial charge on any atom is 0.247 e. The van der Waals surface area contributed by atoms with E-state index >= 15 is 0 Å². The zero-order chi connectivity index (χ0) is 14.9. The average Bonchev–Trinajstić information content (AvgIpc) is 2.97. The normalized spacial score (nSPS) is 12.4. The van der Waals surface area contributed by atoms with E-state index in [-0.39, 0.29) is 11.9 Å². The van der Waals surface area contributed by atoms with Gasteiger partial charge in [0.05, 0.1) is 33.6 Å². The zero-order valence-corrected chi connectivity index (χ0v) is 14.6. The monoisotopic (exact) mass is 403 g/mol. The van der Waals surface area contributed by atoms with E-state index < -0.39 is 0 Å². The third-order valence-corrected chi connectivity index (χ3v) is 4.17. The molecule has 1 atom stereocenters. The van der Waals surface area contributed by atoms with Crippen LogP contribution in [0.5, 0.6) is 0 Å². The predicted octanol–water partition coefficient (Wildman–Crippen LogP) is 2.36. The summed E-state index contributed by atoms with van der Waals surface area (Å²) in [5.74, 6) is -0.00583. The van der Waals surface area contributed by atoms with Crippen LogP contribution in [-0.4, -0.2) is 37.4 Å². The molecule has 6 nitrogen and oxygen atoms in total. The largest absolute Gasteiger partial charge is 0.338 e. The Hall–Kier alpha value is -1.15. The highest BCUT2D eigenvalue weighted by Crippen LogP contribution is 2.19. The SMILES string of the molecule is CC(C(=O)N(C)Cc1c(Br)cnn1C)n1cc(Br)cn1. The second-order valence-electron chi connectivity index (χ2n) is 4.57. The van der Waals surface area contributed by atoms with Gasteiger partial charge in [0, 0.05) is 20.3 Å². The van der Waals surface area contributed by atoms with E-state index in [4.69, 9.17) is 0 Å². The number of halogens is 2. The van der Waals surface area contributed by atoms with Crippen molar-refractivity contribution in [2.75, 3.05) is 7.05 Å². The van der Waals surface area contributed by atoms with Gasteiger partial charge in [-0.3, -0.25) is 14.2 Å². The summed E-state index contributed by atoms with van der Waals surface area (Å²) >= 11 is 6.76. The third-order valence-electron chi connectivity index (χ3n) is 3.10. The summed E-state index contributed by atoms with van der Waals surface area (Å²) in [6, 6.07) is -0.349. The third kappa shape index (κ3) is 3.12. The summed E-state index contributed by atoms with van der Waals surface area (Å²) < 4.78 is 5.15. The Morgan fingerprint density at radius 3 is 2.60 bits per heavy atom. The van der Waals surface area contributed by atoms with Gasteiger partial charge in [0.15, 0.2) is 0 Å². The molecule has 2 heterocycles. The van der Waals surface area contributed by atoms with Gasteiger partial charge in [0.25, 0.3) is 0 Å². The van der Waals surface area contributed by atoms with Crippen LogP contribution in [-0.2, 0) is 18.4 Å². The molecule has 0 bridgehead atoms. The maximum atomic E-state index is 12.4. The van der Waals surface area contributed by atoms with Crippen molar-refractivity contribution in [3.8, 4) is 0 Å². The van der Waals surface area contributed by atoms with Crippen LogP contribution in [0.4, 0.5) is 0 Å². The Morgan fingerprint density at radius 2 is 2.10 bits per heavy atom. The number of hydrogen-bond acceptors (Lipinski definition) is 3. The highest BCUT2D eigenvalue weighted by molar-refractivity contribution is 9.10. The first kappa shape index (κ1) is 15.2. The molecule has 1 unspecified atom stereocenters. The van der Waals surface area contributed by atoms with Crippen molar-refractivity contribution >= 4 is 37.8 Å². The first-order valence-corrected chi connectivity index (χ1v) is 7.59. The Balaban J connectivity index is 2.09. The van der Waals surface area contributed by atoms with Crippen LogP contribution in [0.3, 0.4) is 0 Å². The number of aryl methyl sites for hydroxylation is 1. The van der Waals surface area contributed by atoms with E-state index in [0.717, 1.165) is 14.6 Å². The number of carbonyl (C=O) groups excluding carboxylic acids is 1. The quantitative estimate of drug-likeness (QED) is 0.785. The number of carbonyl (C=O) groups is 1. The average molecular weight is 405 g/mol. The van der Waals surface area contributed by atoms with Crippen molar-refractivity contribution in [1.82, 2.24) is 24.5 Å². The predicted molar refractivity (Wildman–Crippen MR) is 82.0 cm³/mol. The van der Waals surface area contributed by atoms with Crippen molar-refractivity contribution in [1.29, 1.82) is 0 Å². The summed E-state index contributed by atoms with van der Waals surface area (Å²) in [5.41, 5.74) is 0.953. The molecule has 0 aliphatic heterocycles. The molecule has 0 spiro atoms. The first-order valence-electron chi connectivity index (χ1n) is 6.01. The topological polar surface area (TPSA) is 56.0 Å². The van der Waals surface area contributed by atoms with E-state index in [1.165, 1.54) is 0 Å². The van der Waals surface area contributed by atoms with Gasteiger partial charge in [-0.25, -0.2) is 0 Å². The molecule has 20 heavy (non-hydrogen) atoms. The van der Waals surface area contributed by atoms with Crippen LogP contribution in [0.2, 0.25) is 0 Å². The van der Waals surface area contributed by atoms with Crippen molar-refractivity contribution in [2.45, 2.75) is 19.5 Å². The smallest absolute Gasteiger partial charge is 0.247 e.